The van der Waals surface area contributed by atoms with Gasteiger partial charge in [0.2, 0.25) is 17.7 Å². The van der Waals surface area contributed by atoms with Crippen LogP contribution in [0.4, 0.5) is 17.6 Å². The Bertz CT molecular complexity index is 1460. The lowest BCUT2D eigenvalue weighted by atomic mass is 9.97. The number of esters is 1. The molecule has 39 heavy (non-hydrogen) atoms. The number of benzene rings is 1. The molecule has 0 aliphatic carbocycles. The Morgan fingerprint density at radius 3 is 2.69 bits per heavy atom. The zero-order valence-corrected chi connectivity index (χ0v) is 22.3. The largest absolute Gasteiger partial charge is 0.465 e. The summed E-state index contributed by atoms with van der Waals surface area (Å²) < 4.78 is 11.7. The van der Waals surface area contributed by atoms with Gasteiger partial charge in [0.1, 0.15) is 0 Å². The molecule has 3 aromatic heterocycles. The fourth-order valence-electron chi connectivity index (χ4n) is 5.63. The fourth-order valence-corrected chi connectivity index (χ4v) is 5.63. The second kappa shape index (κ2) is 10.5. The van der Waals surface area contributed by atoms with Crippen LogP contribution >= 0.6 is 0 Å². The van der Waals surface area contributed by atoms with Crippen LogP contribution < -0.4 is 15.5 Å². The Kier molecular flexibility index (Phi) is 6.77. The summed E-state index contributed by atoms with van der Waals surface area (Å²) in [5.41, 5.74) is 9.09. The van der Waals surface area contributed by atoms with Crippen LogP contribution in [0.3, 0.4) is 0 Å². The number of piperidine rings is 1. The van der Waals surface area contributed by atoms with Gasteiger partial charge in [0, 0.05) is 51.5 Å². The molecule has 12 nitrogen and oxygen atoms in total. The van der Waals surface area contributed by atoms with E-state index in [0.717, 1.165) is 57.8 Å². The maximum absolute atomic E-state index is 11.8. The van der Waals surface area contributed by atoms with Crippen LogP contribution in [0.2, 0.25) is 0 Å². The van der Waals surface area contributed by atoms with Gasteiger partial charge in [0.15, 0.2) is 5.76 Å². The zero-order chi connectivity index (χ0) is 26.9. The molecule has 204 valence electrons. The summed E-state index contributed by atoms with van der Waals surface area (Å²) >= 11 is 0. The Balaban J connectivity index is 1.08. The Labute approximate surface area is 226 Å². The molecule has 2 aliphatic heterocycles. The number of hydrogen-bond donors (Lipinski definition) is 1. The maximum atomic E-state index is 11.8. The average molecular weight is 532 g/mol. The molecule has 2 N–H and O–H groups in total. The van der Waals surface area contributed by atoms with Gasteiger partial charge in [-0.2, -0.15) is 19.5 Å². The molecule has 0 radical (unpaired) electrons. The highest BCUT2D eigenvalue weighted by molar-refractivity contribution is 5.90. The Morgan fingerprint density at radius 1 is 1.10 bits per heavy atom. The second-order valence-electron chi connectivity index (χ2n) is 10.2. The number of anilines is 3. The summed E-state index contributed by atoms with van der Waals surface area (Å²) in [6, 6.07) is 9.39. The minimum atomic E-state index is -0.302. The van der Waals surface area contributed by atoms with E-state index in [1.165, 1.54) is 23.7 Å². The van der Waals surface area contributed by atoms with Crippen molar-refractivity contribution in [1.29, 1.82) is 0 Å². The Hall–Kier alpha value is -4.19. The third-order valence-corrected chi connectivity index (χ3v) is 7.61. The minimum absolute atomic E-state index is 0.258. The molecule has 0 spiro atoms. The number of methoxy groups -OCH3 is 1. The van der Waals surface area contributed by atoms with E-state index in [1.807, 2.05) is 25.1 Å². The number of nitrogens with two attached hydrogens (primary N) is 1. The van der Waals surface area contributed by atoms with Crippen LogP contribution in [-0.2, 0) is 4.74 Å². The summed E-state index contributed by atoms with van der Waals surface area (Å²) in [4.78, 5) is 32.8. The smallest absolute Gasteiger partial charge is 0.337 e. The third-order valence-electron chi connectivity index (χ3n) is 7.61. The van der Waals surface area contributed by atoms with Gasteiger partial charge in [-0.3, -0.25) is 4.90 Å². The molecule has 0 bridgehead atoms. The predicted molar refractivity (Wildman–Crippen MR) is 147 cm³/mol. The number of nitrogen functional groups attached to an aromatic ring is 1. The van der Waals surface area contributed by atoms with Crippen LogP contribution in [0.1, 0.15) is 28.8 Å². The fraction of sp³-hybridized carbons (Fsp3) is 0.444. The summed E-state index contributed by atoms with van der Waals surface area (Å²) in [7, 11) is 1.41. The summed E-state index contributed by atoms with van der Waals surface area (Å²) in [6.45, 7) is 8.76. The number of furan rings is 1. The molecule has 0 amide bonds. The van der Waals surface area contributed by atoms with E-state index in [4.69, 9.17) is 14.9 Å². The molecule has 0 unspecified atom stereocenters. The van der Waals surface area contributed by atoms with Crippen molar-refractivity contribution in [1.82, 2.24) is 29.5 Å². The van der Waals surface area contributed by atoms with E-state index in [0.29, 0.717) is 34.8 Å². The van der Waals surface area contributed by atoms with Gasteiger partial charge < -0.3 is 24.7 Å². The summed E-state index contributed by atoms with van der Waals surface area (Å²) in [5, 5.41) is 4.39. The van der Waals surface area contributed by atoms with Crippen molar-refractivity contribution in [2.45, 2.75) is 19.8 Å². The van der Waals surface area contributed by atoms with Crippen LogP contribution in [0.5, 0.6) is 0 Å². The van der Waals surface area contributed by atoms with Crippen LogP contribution in [0, 0.1) is 12.8 Å². The third kappa shape index (κ3) is 5.11. The lowest BCUT2D eigenvalue weighted by Crippen LogP contribution is -2.50. The second-order valence-corrected chi connectivity index (χ2v) is 10.2. The molecule has 6 rings (SSSR count). The number of piperazine rings is 1. The monoisotopic (exact) mass is 531 g/mol. The van der Waals surface area contributed by atoms with Gasteiger partial charge in [-0.05, 0) is 61.6 Å². The van der Waals surface area contributed by atoms with Gasteiger partial charge in [0.05, 0.1) is 18.9 Å². The van der Waals surface area contributed by atoms with Crippen molar-refractivity contribution in [3.63, 3.8) is 0 Å². The van der Waals surface area contributed by atoms with E-state index in [1.54, 1.807) is 18.4 Å². The number of nitrogens with zero attached hydrogens (tertiary/aromatic N) is 8. The molecule has 5 heterocycles. The van der Waals surface area contributed by atoms with Gasteiger partial charge >= 0.3 is 5.97 Å². The number of carbonyl (C=O) groups is 1. The van der Waals surface area contributed by atoms with E-state index in [-0.39, 0.29) is 11.9 Å². The van der Waals surface area contributed by atoms with Crippen molar-refractivity contribution in [2.75, 3.05) is 68.5 Å². The van der Waals surface area contributed by atoms with Gasteiger partial charge in [0.25, 0.3) is 5.78 Å². The van der Waals surface area contributed by atoms with Crippen molar-refractivity contribution < 1.29 is 13.9 Å². The maximum Gasteiger partial charge on any atom is 0.337 e. The first-order valence-electron chi connectivity index (χ1n) is 13.3. The number of ether oxygens (including phenoxy) is 1. The Morgan fingerprint density at radius 2 is 1.95 bits per heavy atom. The molecule has 0 saturated carbocycles. The van der Waals surface area contributed by atoms with Crippen molar-refractivity contribution in [3.8, 4) is 11.6 Å². The standard InChI is InChI=1S/C27H33N9O3/c1-18-15-20(24(37)38-2)7-8-21(18)34-12-10-33(11-13-34)16-19-5-3-9-35(17-19)26-30-25(28)36-27(31-26)29-23(32-36)22-6-4-14-39-22/h4,6-8,14-15,19H,3,5,9-13,16-17H2,1-2H3,(H2,28,29,30,31,32)/t19-/m0/s1. The number of fused-ring (bicyclic) bond motifs is 1. The number of aryl methyl sites for hydroxylation is 1. The summed E-state index contributed by atoms with van der Waals surface area (Å²) in [6.07, 6.45) is 3.84. The van der Waals surface area contributed by atoms with Crippen molar-refractivity contribution >= 4 is 29.3 Å². The van der Waals surface area contributed by atoms with Crippen LogP contribution in [0.15, 0.2) is 41.0 Å². The molecular formula is C27H33N9O3. The van der Waals surface area contributed by atoms with E-state index < -0.39 is 0 Å². The van der Waals surface area contributed by atoms with Gasteiger partial charge in [-0.25, -0.2) is 4.79 Å². The zero-order valence-electron chi connectivity index (χ0n) is 22.3. The topological polar surface area (TPSA) is 131 Å². The highest BCUT2D eigenvalue weighted by atomic mass is 16.5. The lowest BCUT2D eigenvalue weighted by molar-refractivity contribution is 0.0600. The highest BCUT2D eigenvalue weighted by Crippen LogP contribution is 2.26. The average Bonchev–Trinajstić information content (AvgIpc) is 3.64. The van der Waals surface area contributed by atoms with E-state index in [2.05, 4.69) is 34.8 Å². The molecule has 2 aliphatic rings. The van der Waals surface area contributed by atoms with E-state index in [9.17, 15) is 4.79 Å². The minimum Gasteiger partial charge on any atom is -0.465 e. The summed E-state index contributed by atoms with van der Waals surface area (Å²) in [5.74, 6) is 2.48. The van der Waals surface area contributed by atoms with Gasteiger partial charge in [-0.1, -0.05) is 0 Å². The number of carbonyl (C=O) groups excluding carboxylic acids is 1. The number of hydrogen-bond acceptors (Lipinski definition) is 11. The van der Waals surface area contributed by atoms with E-state index >= 15 is 0 Å². The lowest BCUT2D eigenvalue weighted by Gasteiger charge is -2.40. The quantitative estimate of drug-likeness (QED) is 0.368. The molecule has 4 aromatic rings. The number of aromatic nitrogens is 5. The normalized spacial score (nSPS) is 18.6. The highest BCUT2D eigenvalue weighted by Gasteiger charge is 2.27. The molecule has 2 saturated heterocycles. The molecule has 1 aromatic carbocycles. The molecule has 2 fully saturated rings. The first kappa shape index (κ1) is 25.1. The molecular weight excluding hydrogens is 498 g/mol. The first-order chi connectivity index (χ1) is 19.0. The van der Waals surface area contributed by atoms with Crippen molar-refractivity contribution in [2.24, 2.45) is 5.92 Å². The SMILES string of the molecule is COC(=O)c1ccc(N2CCN(C[C@@H]3CCCN(c4nc(N)n5nc(-c6ccco6)nc5n4)C3)CC2)c(C)c1. The molecule has 12 heteroatoms. The van der Waals surface area contributed by atoms with Crippen LogP contribution in [-0.4, -0.2) is 88.4 Å². The van der Waals surface area contributed by atoms with Gasteiger partial charge in [-0.15, -0.1) is 5.10 Å². The molecule has 1 atom stereocenters. The number of rotatable bonds is 6. The van der Waals surface area contributed by atoms with Crippen LogP contribution in [0.25, 0.3) is 17.4 Å². The predicted octanol–water partition coefficient (Wildman–Crippen LogP) is 2.50. The first-order valence-corrected chi connectivity index (χ1v) is 13.3. The van der Waals surface area contributed by atoms with Crippen molar-refractivity contribution in [3.05, 3.63) is 47.7 Å².